The fourth-order valence-electron chi connectivity index (χ4n) is 3.11. The second-order valence-electron chi connectivity index (χ2n) is 5.47. The monoisotopic (exact) mass is 407 g/mol. The summed E-state index contributed by atoms with van der Waals surface area (Å²) in [4.78, 5) is 12.6. The zero-order valence-corrected chi connectivity index (χ0v) is 14.0. The SMILES string of the molecule is CN(c1cc(F)c(I)cc1[N+](=O)[O-])C1CCCCC1CN. The maximum atomic E-state index is 13.8. The summed E-state index contributed by atoms with van der Waals surface area (Å²) in [6.45, 7) is 0.551. The van der Waals surface area contributed by atoms with Crippen LogP contribution in [0.3, 0.4) is 0 Å². The number of hydrogen-bond donors (Lipinski definition) is 1. The van der Waals surface area contributed by atoms with Crippen LogP contribution in [0.5, 0.6) is 0 Å². The summed E-state index contributed by atoms with van der Waals surface area (Å²) < 4.78 is 14.1. The second kappa shape index (κ2) is 6.87. The highest BCUT2D eigenvalue weighted by Crippen LogP contribution is 2.36. The van der Waals surface area contributed by atoms with E-state index >= 15 is 0 Å². The first-order valence-electron chi connectivity index (χ1n) is 7.02. The first-order valence-corrected chi connectivity index (χ1v) is 8.10. The van der Waals surface area contributed by atoms with Crippen molar-refractivity contribution in [1.82, 2.24) is 0 Å². The third-order valence-electron chi connectivity index (χ3n) is 4.26. The van der Waals surface area contributed by atoms with Gasteiger partial charge in [0.25, 0.3) is 5.69 Å². The van der Waals surface area contributed by atoms with Gasteiger partial charge in [0, 0.05) is 25.2 Å². The lowest BCUT2D eigenvalue weighted by Gasteiger charge is -2.38. The molecule has 1 aromatic rings. The van der Waals surface area contributed by atoms with Crippen LogP contribution in [0, 0.1) is 25.4 Å². The molecule has 0 radical (unpaired) electrons. The first-order chi connectivity index (χ1) is 9.95. The molecule has 1 saturated carbocycles. The Morgan fingerprint density at radius 1 is 1.48 bits per heavy atom. The van der Waals surface area contributed by atoms with Gasteiger partial charge < -0.3 is 10.6 Å². The van der Waals surface area contributed by atoms with Crippen LogP contribution in [0.4, 0.5) is 15.8 Å². The van der Waals surface area contributed by atoms with Crippen molar-refractivity contribution in [2.45, 2.75) is 31.7 Å². The molecule has 2 N–H and O–H groups in total. The van der Waals surface area contributed by atoms with Crippen molar-refractivity contribution in [2.75, 3.05) is 18.5 Å². The maximum absolute atomic E-state index is 13.8. The summed E-state index contributed by atoms with van der Waals surface area (Å²) >= 11 is 1.77. The standard InChI is InChI=1S/C14H19FIN3O2/c1-18(12-5-3-2-4-9(12)8-17)13-6-10(15)11(16)7-14(13)19(20)21/h6-7,9,12H,2-5,8,17H2,1H3. The Morgan fingerprint density at radius 3 is 2.76 bits per heavy atom. The zero-order chi connectivity index (χ0) is 15.6. The molecule has 0 aliphatic heterocycles. The van der Waals surface area contributed by atoms with Gasteiger partial charge in [0.05, 0.1) is 8.49 Å². The summed E-state index contributed by atoms with van der Waals surface area (Å²) in [7, 11) is 1.80. The molecule has 7 heteroatoms. The fourth-order valence-corrected chi connectivity index (χ4v) is 3.56. The van der Waals surface area contributed by atoms with Crippen LogP contribution < -0.4 is 10.6 Å². The van der Waals surface area contributed by atoms with E-state index in [1.165, 1.54) is 12.1 Å². The van der Waals surface area contributed by atoms with Crippen molar-refractivity contribution in [3.8, 4) is 0 Å². The average Bonchev–Trinajstić information content (AvgIpc) is 2.48. The van der Waals surface area contributed by atoms with Crippen molar-refractivity contribution in [1.29, 1.82) is 0 Å². The number of nitro benzene ring substituents is 1. The van der Waals surface area contributed by atoms with Crippen LogP contribution in [-0.2, 0) is 0 Å². The number of anilines is 1. The van der Waals surface area contributed by atoms with Crippen LogP contribution >= 0.6 is 22.6 Å². The number of nitrogens with two attached hydrogens (primary N) is 1. The van der Waals surface area contributed by atoms with E-state index in [0.717, 1.165) is 25.7 Å². The van der Waals surface area contributed by atoms with E-state index in [1.807, 2.05) is 4.90 Å². The number of benzene rings is 1. The molecule has 2 rings (SSSR count). The van der Waals surface area contributed by atoms with Gasteiger partial charge in [-0.25, -0.2) is 4.39 Å². The molecule has 0 amide bonds. The average molecular weight is 407 g/mol. The molecule has 0 spiro atoms. The number of rotatable bonds is 4. The molecule has 2 unspecified atom stereocenters. The lowest BCUT2D eigenvalue weighted by Crippen LogP contribution is -2.43. The molecule has 2 atom stereocenters. The smallest absolute Gasteiger partial charge is 0.293 e. The predicted octanol–water partition coefficient (Wildman–Crippen LogP) is 3.29. The third-order valence-corrected chi connectivity index (χ3v) is 5.09. The molecule has 1 fully saturated rings. The van der Waals surface area contributed by atoms with E-state index in [4.69, 9.17) is 5.73 Å². The van der Waals surface area contributed by atoms with Crippen LogP contribution in [0.2, 0.25) is 0 Å². The molecule has 1 aliphatic rings. The van der Waals surface area contributed by atoms with Crippen LogP contribution in [0.15, 0.2) is 12.1 Å². The highest BCUT2D eigenvalue weighted by Gasteiger charge is 2.31. The zero-order valence-electron chi connectivity index (χ0n) is 11.9. The molecule has 1 aromatic carbocycles. The van der Waals surface area contributed by atoms with Crippen LogP contribution in [0.1, 0.15) is 25.7 Å². The van der Waals surface area contributed by atoms with Crippen molar-refractivity contribution < 1.29 is 9.31 Å². The van der Waals surface area contributed by atoms with Crippen molar-refractivity contribution in [2.24, 2.45) is 11.7 Å². The maximum Gasteiger partial charge on any atom is 0.293 e. The Labute approximate surface area is 137 Å². The molecule has 0 heterocycles. The quantitative estimate of drug-likeness (QED) is 0.473. The Hall–Kier alpha value is -0.960. The van der Waals surface area contributed by atoms with E-state index in [2.05, 4.69) is 0 Å². The second-order valence-corrected chi connectivity index (χ2v) is 6.63. The molecule has 0 aromatic heterocycles. The molecule has 0 bridgehead atoms. The fraction of sp³-hybridized carbons (Fsp3) is 0.571. The molecule has 5 nitrogen and oxygen atoms in total. The molecule has 21 heavy (non-hydrogen) atoms. The Morgan fingerprint density at radius 2 is 2.14 bits per heavy atom. The molecule has 0 saturated heterocycles. The number of nitrogens with zero attached hydrogens (tertiary/aromatic N) is 2. The van der Waals surface area contributed by atoms with Crippen molar-refractivity contribution in [3.05, 3.63) is 31.6 Å². The summed E-state index contributed by atoms with van der Waals surface area (Å²) in [6.07, 6.45) is 4.16. The van der Waals surface area contributed by atoms with E-state index in [1.54, 1.807) is 29.6 Å². The highest BCUT2D eigenvalue weighted by molar-refractivity contribution is 14.1. The Bertz CT molecular complexity index is 541. The van der Waals surface area contributed by atoms with Gasteiger partial charge >= 0.3 is 0 Å². The normalized spacial score (nSPS) is 22.1. The van der Waals surface area contributed by atoms with Crippen LogP contribution in [-0.4, -0.2) is 24.6 Å². The largest absolute Gasteiger partial charge is 0.366 e. The minimum Gasteiger partial charge on any atom is -0.366 e. The number of nitro groups is 1. The van der Waals surface area contributed by atoms with Gasteiger partial charge in [0.1, 0.15) is 11.5 Å². The van der Waals surface area contributed by atoms with E-state index in [9.17, 15) is 14.5 Å². The minimum absolute atomic E-state index is 0.0513. The minimum atomic E-state index is -0.451. The van der Waals surface area contributed by atoms with E-state index in [0.29, 0.717) is 18.2 Å². The first kappa shape index (κ1) is 16.4. The summed E-state index contributed by atoms with van der Waals surface area (Å²) in [5, 5.41) is 11.3. The van der Waals surface area contributed by atoms with Gasteiger partial charge in [-0.2, -0.15) is 0 Å². The number of halogens is 2. The predicted molar refractivity (Wildman–Crippen MR) is 89.0 cm³/mol. The number of hydrogen-bond acceptors (Lipinski definition) is 4. The van der Waals surface area contributed by atoms with Gasteiger partial charge in [-0.1, -0.05) is 12.8 Å². The molecule has 116 valence electrons. The lowest BCUT2D eigenvalue weighted by atomic mass is 9.83. The Kier molecular flexibility index (Phi) is 5.37. The van der Waals surface area contributed by atoms with E-state index < -0.39 is 10.7 Å². The van der Waals surface area contributed by atoms with Gasteiger partial charge in [-0.3, -0.25) is 10.1 Å². The third kappa shape index (κ3) is 3.45. The summed E-state index contributed by atoms with van der Waals surface area (Å²) in [6, 6.07) is 2.69. The van der Waals surface area contributed by atoms with Gasteiger partial charge in [0.15, 0.2) is 0 Å². The lowest BCUT2D eigenvalue weighted by molar-refractivity contribution is -0.384. The Balaban J connectivity index is 2.39. The topological polar surface area (TPSA) is 72.4 Å². The van der Waals surface area contributed by atoms with Gasteiger partial charge in [-0.05, 0) is 47.9 Å². The highest BCUT2D eigenvalue weighted by atomic mass is 127. The van der Waals surface area contributed by atoms with Crippen LogP contribution in [0.25, 0.3) is 0 Å². The molecule has 1 aliphatic carbocycles. The molecular formula is C14H19FIN3O2. The van der Waals surface area contributed by atoms with Crippen molar-refractivity contribution >= 4 is 34.0 Å². The van der Waals surface area contributed by atoms with Gasteiger partial charge in [0.2, 0.25) is 0 Å². The summed E-state index contributed by atoms with van der Waals surface area (Å²) in [5.41, 5.74) is 6.11. The molecular weight excluding hydrogens is 388 g/mol. The van der Waals surface area contributed by atoms with Crippen molar-refractivity contribution in [3.63, 3.8) is 0 Å². The summed E-state index contributed by atoms with van der Waals surface area (Å²) in [5.74, 6) is -0.131. The van der Waals surface area contributed by atoms with Gasteiger partial charge in [-0.15, -0.1) is 0 Å². The van der Waals surface area contributed by atoms with E-state index in [-0.39, 0.29) is 15.3 Å².